The summed E-state index contributed by atoms with van der Waals surface area (Å²) in [7, 11) is -3.62. The molecule has 1 aliphatic rings. The summed E-state index contributed by atoms with van der Waals surface area (Å²) >= 11 is 0. The van der Waals surface area contributed by atoms with Crippen molar-refractivity contribution in [2.24, 2.45) is 0 Å². The molecule has 2 aromatic carbocycles. The van der Waals surface area contributed by atoms with Crippen molar-refractivity contribution in [3.63, 3.8) is 0 Å². The zero-order valence-corrected chi connectivity index (χ0v) is 20.7. The number of benzene rings is 2. The lowest BCUT2D eigenvalue weighted by atomic mass is 10.2. The van der Waals surface area contributed by atoms with Gasteiger partial charge in [0.05, 0.1) is 28.1 Å². The average Bonchev–Trinajstić information content (AvgIpc) is 3.14. The summed E-state index contributed by atoms with van der Waals surface area (Å²) < 4.78 is 35.2. The van der Waals surface area contributed by atoms with Crippen molar-refractivity contribution in [1.29, 1.82) is 0 Å². The highest BCUT2D eigenvalue weighted by Gasteiger charge is 2.32. The number of hydrogen-bond acceptors (Lipinski definition) is 5. The fourth-order valence-corrected chi connectivity index (χ4v) is 5.95. The number of aryl methyl sites for hydroxylation is 1. The van der Waals surface area contributed by atoms with Gasteiger partial charge >= 0.3 is 0 Å². The number of nitrogens with one attached hydrogen (secondary N) is 1. The zero-order valence-electron chi connectivity index (χ0n) is 19.9. The van der Waals surface area contributed by atoms with Gasteiger partial charge in [-0.2, -0.15) is 4.31 Å². The van der Waals surface area contributed by atoms with Gasteiger partial charge < -0.3 is 14.6 Å². The van der Waals surface area contributed by atoms with E-state index < -0.39 is 10.0 Å². The van der Waals surface area contributed by atoms with E-state index in [-0.39, 0.29) is 29.6 Å². The van der Waals surface area contributed by atoms with Crippen LogP contribution in [0.5, 0.6) is 0 Å². The molecule has 8 nitrogen and oxygen atoms in total. The smallest absolute Gasteiger partial charge is 0.244 e. The molecule has 34 heavy (non-hydrogen) atoms. The van der Waals surface area contributed by atoms with Crippen molar-refractivity contribution in [3.05, 3.63) is 54.4 Å². The molecule has 9 heteroatoms. The van der Waals surface area contributed by atoms with Gasteiger partial charge in [-0.1, -0.05) is 25.5 Å². The van der Waals surface area contributed by atoms with Crippen LogP contribution >= 0.6 is 0 Å². The molecule has 0 radical (unpaired) electrons. The van der Waals surface area contributed by atoms with Gasteiger partial charge in [0.1, 0.15) is 12.4 Å². The van der Waals surface area contributed by atoms with E-state index in [1.54, 1.807) is 12.1 Å². The standard InChI is InChI=1S/C25H32N4O4S/c1-4-5-10-24-27-22-8-6-7-9-23(22)29(24)17-25(30)26-20-11-13-21(14-12-20)34(31,32)28-15-18(2)33-19(3)16-28/h6-9,11-14,18-19H,4-5,10,15-17H2,1-3H3,(H,26,30)/t18-,19+. The fraction of sp³-hybridized carbons (Fsp3) is 0.440. The van der Waals surface area contributed by atoms with E-state index in [0.29, 0.717) is 18.8 Å². The molecule has 0 aliphatic carbocycles. The third-order valence-electron chi connectivity index (χ3n) is 5.95. The SMILES string of the molecule is CCCCc1nc2ccccc2n1CC(=O)Nc1ccc(S(=O)(=O)N2C[C@@H](C)O[C@@H](C)C2)cc1. The first kappa shape index (κ1) is 24.4. The summed E-state index contributed by atoms with van der Waals surface area (Å²) in [6, 6.07) is 14.1. The van der Waals surface area contributed by atoms with E-state index in [1.165, 1.54) is 16.4 Å². The van der Waals surface area contributed by atoms with Crippen LogP contribution in [0.25, 0.3) is 11.0 Å². The maximum Gasteiger partial charge on any atom is 0.244 e. The third-order valence-corrected chi connectivity index (χ3v) is 7.80. The number of para-hydroxylation sites is 2. The van der Waals surface area contributed by atoms with E-state index in [1.807, 2.05) is 42.7 Å². The largest absolute Gasteiger partial charge is 0.373 e. The van der Waals surface area contributed by atoms with Gasteiger partial charge in [-0.25, -0.2) is 13.4 Å². The van der Waals surface area contributed by atoms with Crippen LogP contribution in [-0.4, -0.2) is 53.5 Å². The number of morpholine rings is 1. The van der Waals surface area contributed by atoms with Gasteiger partial charge in [0.2, 0.25) is 15.9 Å². The second-order valence-electron chi connectivity index (χ2n) is 8.86. The molecule has 4 rings (SSSR count). The molecule has 1 amide bonds. The monoisotopic (exact) mass is 484 g/mol. The molecule has 0 bridgehead atoms. The molecule has 1 fully saturated rings. The molecular formula is C25H32N4O4S. The number of rotatable bonds is 8. The van der Waals surface area contributed by atoms with E-state index >= 15 is 0 Å². The van der Waals surface area contributed by atoms with Crippen molar-refractivity contribution in [1.82, 2.24) is 13.9 Å². The highest BCUT2D eigenvalue weighted by molar-refractivity contribution is 7.89. The Bertz CT molecular complexity index is 1240. The van der Waals surface area contributed by atoms with Crippen LogP contribution in [0.15, 0.2) is 53.4 Å². The number of anilines is 1. The Morgan fingerprint density at radius 3 is 2.44 bits per heavy atom. The number of unbranched alkanes of at least 4 members (excludes halogenated alkanes) is 1. The number of hydrogen-bond donors (Lipinski definition) is 1. The lowest BCUT2D eigenvalue weighted by molar-refractivity contribution is -0.116. The van der Waals surface area contributed by atoms with Crippen molar-refractivity contribution in [2.75, 3.05) is 18.4 Å². The summed E-state index contributed by atoms with van der Waals surface area (Å²) in [6.45, 7) is 6.66. The Balaban J connectivity index is 1.47. The first-order valence-electron chi connectivity index (χ1n) is 11.8. The molecule has 3 aromatic rings. The lowest BCUT2D eigenvalue weighted by Gasteiger charge is -2.34. The normalized spacial score (nSPS) is 19.4. The summed E-state index contributed by atoms with van der Waals surface area (Å²) in [5.41, 5.74) is 2.36. The van der Waals surface area contributed by atoms with Crippen molar-refractivity contribution in [2.45, 2.75) is 63.7 Å². The number of nitrogens with zero attached hydrogens (tertiary/aromatic N) is 3. The molecular weight excluding hydrogens is 452 g/mol. The highest BCUT2D eigenvalue weighted by atomic mass is 32.2. The van der Waals surface area contributed by atoms with Crippen molar-refractivity contribution in [3.8, 4) is 0 Å². The fourth-order valence-electron chi connectivity index (χ4n) is 4.36. The molecule has 1 aliphatic heterocycles. The second kappa shape index (κ2) is 10.2. The minimum Gasteiger partial charge on any atom is -0.373 e. The Morgan fingerprint density at radius 2 is 1.76 bits per heavy atom. The van der Waals surface area contributed by atoms with Crippen LogP contribution in [0.1, 0.15) is 39.4 Å². The molecule has 0 saturated carbocycles. The van der Waals surface area contributed by atoms with E-state index in [0.717, 1.165) is 36.1 Å². The third kappa shape index (κ3) is 5.32. The molecule has 1 aromatic heterocycles. The number of sulfonamides is 1. The van der Waals surface area contributed by atoms with Crippen molar-refractivity contribution >= 4 is 32.7 Å². The predicted molar refractivity (Wildman–Crippen MR) is 132 cm³/mol. The number of ether oxygens (including phenoxy) is 1. The molecule has 2 heterocycles. The molecule has 182 valence electrons. The average molecular weight is 485 g/mol. The molecule has 2 atom stereocenters. The molecule has 1 N–H and O–H groups in total. The summed E-state index contributed by atoms with van der Waals surface area (Å²) in [4.78, 5) is 17.8. The Hall–Kier alpha value is -2.75. The van der Waals surface area contributed by atoms with Crippen molar-refractivity contribution < 1.29 is 17.9 Å². The quantitative estimate of drug-likeness (QED) is 0.525. The minimum absolute atomic E-state index is 0.142. The second-order valence-corrected chi connectivity index (χ2v) is 10.8. The number of carbonyl (C=O) groups is 1. The number of carbonyl (C=O) groups excluding carboxylic acids is 1. The van der Waals surface area contributed by atoms with Gasteiger partial charge in [-0.3, -0.25) is 4.79 Å². The number of amides is 1. The van der Waals surface area contributed by atoms with E-state index in [9.17, 15) is 13.2 Å². The number of aromatic nitrogens is 2. The Kier molecular flexibility index (Phi) is 7.35. The van der Waals surface area contributed by atoms with Crippen LogP contribution in [0, 0.1) is 0 Å². The Morgan fingerprint density at radius 1 is 1.09 bits per heavy atom. The topological polar surface area (TPSA) is 93.5 Å². The summed E-state index contributed by atoms with van der Waals surface area (Å²) in [6.07, 6.45) is 2.55. The van der Waals surface area contributed by atoms with Gasteiger partial charge in [0.15, 0.2) is 0 Å². The number of imidazole rings is 1. The Labute approximate surface area is 201 Å². The maximum absolute atomic E-state index is 13.0. The first-order valence-corrected chi connectivity index (χ1v) is 13.2. The first-order chi connectivity index (χ1) is 16.3. The van der Waals surface area contributed by atoms with Crippen LogP contribution in [0.2, 0.25) is 0 Å². The van der Waals surface area contributed by atoms with Gasteiger partial charge in [0, 0.05) is 25.2 Å². The van der Waals surface area contributed by atoms with E-state index in [4.69, 9.17) is 9.72 Å². The van der Waals surface area contributed by atoms with Gasteiger partial charge in [0.25, 0.3) is 0 Å². The van der Waals surface area contributed by atoms with Crippen LogP contribution in [0.4, 0.5) is 5.69 Å². The maximum atomic E-state index is 13.0. The molecule has 1 saturated heterocycles. The van der Waals surface area contributed by atoms with Gasteiger partial charge in [-0.05, 0) is 56.7 Å². The molecule has 0 unspecified atom stereocenters. The van der Waals surface area contributed by atoms with E-state index in [2.05, 4.69) is 12.2 Å². The number of fused-ring (bicyclic) bond motifs is 1. The summed E-state index contributed by atoms with van der Waals surface area (Å²) in [5, 5.41) is 2.88. The predicted octanol–water partition coefficient (Wildman–Crippen LogP) is 3.82. The molecule has 0 spiro atoms. The van der Waals surface area contributed by atoms with Crippen LogP contribution < -0.4 is 5.32 Å². The lowest BCUT2D eigenvalue weighted by Crippen LogP contribution is -2.48. The minimum atomic E-state index is -3.62. The van der Waals surface area contributed by atoms with Gasteiger partial charge in [-0.15, -0.1) is 0 Å². The highest BCUT2D eigenvalue weighted by Crippen LogP contribution is 2.23. The summed E-state index contributed by atoms with van der Waals surface area (Å²) in [5.74, 6) is 0.709. The van der Waals surface area contributed by atoms with Crippen LogP contribution in [0.3, 0.4) is 0 Å². The van der Waals surface area contributed by atoms with Crippen LogP contribution in [-0.2, 0) is 32.5 Å². The zero-order chi connectivity index (χ0) is 24.3.